The van der Waals surface area contributed by atoms with Crippen LogP contribution in [0.15, 0.2) is 42.1 Å². The Morgan fingerprint density at radius 1 is 1.25 bits per heavy atom. The maximum atomic E-state index is 13.1. The molecule has 3 heterocycles. The van der Waals surface area contributed by atoms with Crippen molar-refractivity contribution in [2.75, 3.05) is 7.05 Å². The number of carbonyl (C=O) groups is 1. The number of halogens is 3. The van der Waals surface area contributed by atoms with E-state index >= 15 is 0 Å². The molecule has 2 aromatic rings. The van der Waals surface area contributed by atoms with Crippen LogP contribution >= 0.6 is 0 Å². The Labute approximate surface area is 159 Å². The van der Waals surface area contributed by atoms with E-state index in [4.69, 9.17) is 0 Å². The van der Waals surface area contributed by atoms with Crippen molar-refractivity contribution in [1.82, 2.24) is 25.0 Å². The minimum Gasteiger partial charge on any atom is -0.354 e. The number of fused-ring (bicyclic) bond motifs is 3. The summed E-state index contributed by atoms with van der Waals surface area (Å²) >= 11 is 0. The highest BCUT2D eigenvalue weighted by atomic mass is 19.4. The molecule has 0 saturated carbocycles. The summed E-state index contributed by atoms with van der Waals surface area (Å²) in [5, 5.41) is 10.8. The zero-order valence-corrected chi connectivity index (χ0v) is 15.2. The van der Waals surface area contributed by atoms with Gasteiger partial charge < -0.3 is 14.8 Å². The number of nitrogens with one attached hydrogen (secondary N) is 1. The highest BCUT2D eigenvalue weighted by Crippen LogP contribution is 2.38. The Bertz CT molecular complexity index is 992. The summed E-state index contributed by atoms with van der Waals surface area (Å²) < 4.78 is 41.1. The number of hydrogen-bond donors (Lipinski definition) is 1. The molecule has 2 aliphatic rings. The molecule has 28 heavy (non-hydrogen) atoms. The van der Waals surface area contributed by atoms with Gasteiger partial charge in [0.05, 0.1) is 17.6 Å². The van der Waals surface area contributed by atoms with Crippen LogP contribution in [0.2, 0.25) is 0 Å². The number of alkyl halides is 3. The van der Waals surface area contributed by atoms with Gasteiger partial charge in [-0.3, -0.25) is 4.79 Å². The molecule has 2 unspecified atom stereocenters. The van der Waals surface area contributed by atoms with Crippen LogP contribution in [0.4, 0.5) is 13.2 Å². The van der Waals surface area contributed by atoms with Gasteiger partial charge in [0.1, 0.15) is 11.5 Å². The Hall–Kier alpha value is -3.10. The molecule has 1 amide bonds. The molecule has 0 radical (unpaired) electrons. The fourth-order valence-corrected chi connectivity index (χ4v) is 3.77. The van der Waals surface area contributed by atoms with Gasteiger partial charge in [0.2, 0.25) is 0 Å². The minimum atomic E-state index is -4.41. The van der Waals surface area contributed by atoms with Crippen molar-refractivity contribution < 1.29 is 18.0 Å². The summed E-state index contributed by atoms with van der Waals surface area (Å²) in [7, 11) is 1.53. The first kappa shape index (κ1) is 18.3. The van der Waals surface area contributed by atoms with Crippen LogP contribution in [-0.2, 0) is 17.5 Å². The second-order valence-electron chi connectivity index (χ2n) is 6.77. The van der Waals surface area contributed by atoms with E-state index in [0.29, 0.717) is 22.9 Å². The fourth-order valence-electron chi connectivity index (χ4n) is 3.77. The van der Waals surface area contributed by atoms with Crippen LogP contribution in [0, 0.1) is 6.92 Å². The minimum absolute atomic E-state index is 0.172. The highest BCUT2D eigenvalue weighted by molar-refractivity contribution is 5.93. The Kier molecular flexibility index (Phi) is 4.24. The summed E-state index contributed by atoms with van der Waals surface area (Å²) in [5.74, 6) is 1.11. The van der Waals surface area contributed by atoms with E-state index in [2.05, 4.69) is 15.5 Å². The molecule has 4 rings (SSSR count). The van der Waals surface area contributed by atoms with Crippen molar-refractivity contribution in [3.63, 3.8) is 0 Å². The molecular formula is C19H18F3N5O. The largest absolute Gasteiger partial charge is 0.416 e. The lowest BCUT2D eigenvalue weighted by Gasteiger charge is -2.32. The van der Waals surface area contributed by atoms with Crippen LogP contribution in [0.3, 0.4) is 0 Å². The number of aryl methyl sites for hydroxylation is 1. The maximum Gasteiger partial charge on any atom is 0.416 e. The van der Waals surface area contributed by atoms with Gasteiger partial charge >= 0.3 is 6.18 Å². The third-order valence-electron chi connectivity index (χ3n) is 5.05. The molecule has 1 N–H and O–H groups in total. The van der Waals surface area contributed by atoms with E-state index in [9.17, 15) is 18.0 Å². The number of carbonyl (C=O) groups excluding carboxylic acids is 1. The Balaban J connectivity index is 1.71. The molecule has 1 aromatic heterocycles. The summed E-state index contributed by atoms with van der Waals surface area (Å²) in [5.41, 5.74) is 0.188. The predicted molar refractivity (Wildman–Crippen MR) is 95.8 cm³/mol. The van der Waals surface area contributed by atoms with E-state index in [0.717, 1.165) is 12.1 Å². The molecule has 9 heteroatoms. The topological polar surface area (TPSA) is 63.1 Å². The summed E-state index contributed by atoms with van der Waals surface area (Å²) in [6, 6.07) is 4.76. The number of aromatic nitrogens is 3. The van der Waals surface area contributed by atoms with Crippen molar-refractivity contribution in [3.05, 3.63) is 64.9 Å². The predicted octanol–water partition coefficient (Wildman–Crippen LogP) is 2.69. The van der Waals surface area contributed by atoms with Gasteiger partial charge in [-0.1, -0.05) is 18.2 Å². The van der Waals surface area contributed by atoms with Crippen molar-refractivity contribution >= 4 is 12.0 Å². The monoisotopic (exact) mass is 389 g/mol. The number of likely N-dealkylation sites (N-methyl/N-ethyl adjacent to an activating group) is 1. The molecule has 0 bridgehead atoms. The third kappa shape index (κ3) is 2.96. The van der Waals surface area contributed by atoms with Crippen molar-refractivity contribution in [2.24, 2.45) is 0 Å². The number of benzene rings is 1. The van der Waals surface area contributed by atoms with Crippen LogP contribution in [0.5, 0.6) is 0 Å². The van der Waals surface area contributed by atoms with Gasteiger partial charge in [0.15, 0.2) is 5.82 Å². The van der Waals surface area contributed by atoms with Crippen LogP contribution in [0.1, 0.15) is 28.8 Å². The second-order valence-corrected chi connectivity index (χ2v) is 6.77. The fraction of sp³-hybridized carbons (Fsp3) is 0.316. The Morgan fingerprint density at radius 2 is 2.04 bits per heavy atom. The second kappa shape index (κ2) is 6.50. The molecule has 2 atom stereocenters. The average molecular weight is 389 g/mol. The van der Waals surface area contributed by atoms with Gasteiger partial charge in [-0.15, -0.1) is 10.2 Å². The van der Waals surface area contributed by atoms with Gasteiger partial charge in [-0.25, -0.2) is 0 Å². The maximum absolute atomic E-state index is 13.1. The Morgan fingerprint density at radius 3 is 2.75 bits per heavy atom. The molecule has 146 valence electrons. The van der Waals surface area contributed by atoms with Crippen LogP contribution < -0.4 is 5.32 Å². The molecule has 2 aliphatic heterocycles. The third-order valence-corrected chi connectivity index (χ3v) is 5.05. The van der Waals surface area contributed by atoms with Crippen LogP contribution in [0.25, 0.3) is 6.08 Å². The number of rotatable bonds is 3. The lowest BCUT2D eigenvalue weighted by molar-refractivity contribution is -0.137. The van der Waals surface area contributed by atoms with Gasteiger partial charge in [-0.2, -0.15) is 13.2 Å². The van der Waals surface area contributed by atoms with E-state index in [1.165, 1.54) is 13.1 Å². The first-order valence-corrected chi connectivity index (χ1v) is 8.76. The number of nitrogens with zero attached hydrogens (tertiary/aromatic N) is 4. The molecule has 6 nitrogen and oxygen atoms in total. The van der Waals surface area contributed by atoms with Gasteiger partial charge in [0, 0.05) is 13.6 Å². The standard InChI is InChI=1S/C19H18F3N5O/c1-11-24-25-17-7-6-14-15(27(11)17)9-16(18(28)23-2)26(14)10-12-4-3-5-13(8-12)19(20,21)22/h3-9,14-15H,10H2,1-2H3,(H,23,28). The highest BCUT2D eigenvalue weighted by Gasteiger charge is 2.40. The summed E-state index contributed by atoms with van der Waals surface area (Å²) in [6.45, 7) is 2.00. The normalized spacial score (nSPS) is 20.6. The summed E-state index contributed by atoms with van der Waals surface area (Å²) in [4.78, 5) is 14.3. The molecule has 1 aromatic carbocycles. The quantitative estimate of drug-likeness (QED) is 0.877. The number of hydrogen-bond acceptors (Lipinski definition) is 4. The molecule has 0 fully saturated rings. The zero-order chi connectivity index (χ0) is 20.1. The first-order chi connectivity index (χ1) is 13.3. The van der Waals surface area contributed by atoms with Gasteiger partial charge in [0.25, 0.3) is 5.91 Å². The molecular weight excluding hydrogens is 371 g/mol. The molecule has 0 saturated heterocycles. The number of amides is 1. The lowest BCUT2D eigenvalue weighted by Crippen LogP contribution is -2.38. The molecule has 0 aliphatic carbocycles. The average Bonchev–Trinajstić information content (AvgIpc) is 3.21. The van der Waals surface area contributed by atoms with Crippen molar-refractivity contribution in [3.8, 4) is 0 Å². The van der Waals surface area contributed by atoms with E-state index in [-0.39, 0.29) is 24.5 Å². The summed E-state index contributed by atoms with van der Waals surface area (Å²) in [6.07, 6.45) is 1.14. The first-order valence-electron chi connectivity index (χ1n) is 8.76. The van der Waals surface area contributed by atoms with E-state index in [1.807, 2.05) is 34.6 Å². The van der Waals surface area contributed by atoms with E-state index in [1.54, 1.807) is 6.07 Å². The van der Waals surface area contributed by atoms with Gasteiger partial charge in [-0.05, 0) is 36.8 Å². The van der Waals surface area contributed by atoms with Crippen molar-refractivity contribution in [2.45, 2.75) is 31.7 Å². The van der Waals surface area contributed by atoms with E-state index < -0.39 is 11.7 Å². The smallest absolute Gasteiger partial charge is 0.354 e. The van der Waals surface area contributed by atoms with Crippen LogP contribution in [-0.4, -0.2) is 38.7 Å². The van der Waals surface area contributed by atoms with Crippen molar-refractivity contribution in [1.29, 1.82) is 0 Å². The SMILES string of the molecule is CNC(=O)C1=CC2C(C=Cc3nnc(C)n32)N1Cc1cccc(C(F)(F)F)c1. The molecule has 0 spiro atoms. The lowest BCUT2D eigenvalue weighted by atomic mass is 10.0. The zero-order valence-electron chi connectivity index (χ0n) is 15.2.